The molecule has 1 heterocycles. The van der Waals surface area contributed by atoms with E-state index in [1.54, 1.807) is 6.92 Å². The van der Waals surface area contributed by atoms with Crippen molar-refractivity contribution in [2.45, 2.75) is 83.5 Å². The first-order chi connectivity index (χ1) is 23.6. The van der Waals surface area contributed by atoms with E-state index in [2.05, 4.69) is 16.0 Å². The first-order valence-electron chi connectivity index (χ1n) is 16.4. The molecule has 2 aromatic rings. The summed E-state index contributed by atoms with van der Waals surface area (Å²) in [5.74, 6) is -6.11. The summed E-state index contributed by atoms with van der Waals surface area (Å²) in [4.78, 5) is 91.1. The van der Waals surface area contributed by atoms with E-state index in [9.17, 15) is 48.9 Å². The number of carbonyl (C=O) groups excluding carboxylic acids is 6. The number of hydrogen-bond acceptors (Lipinski definition) is 10. The van der Waals surface area contributed by atoms with Crippen LogP contribution in [0.5, 0.6) is 11.5 Å². The van der Waals surface area contributed by atoms with Crippen molar-refractivity contribution < 1.29 is 48.9 Å². The van der Waals surface area contributed by atoms with Crippen LogP contribution < -0.4 is 21.7 Å². The van der Waals surface area contributed by atoms with Gasteiger partial charge in [-0.25, -0.2) is 4.79 Å². The molecule has 8 N–H and O–H groups in total. The molecule has 50 heavy (non-hydrogen) atoms. The van der Waals surface area contributed by atoms with Gasteiger partial charge in [0.15, 0.2) is 11.6 Å². The topological polar surface area (TPSA) is 246 Å². The lowest BCUT2D eigenvalue weighted by atomic mass is 9.89. The maximum Gasteiger partial charge on any atom is 0.326 e. The summed E-state index contributed by atoms with van der Waals surface area (Å²) in [7, 11) is 1.35. The van der Waals surface area contributed by atoms with Crippen LogP contribution in [0.25, 0.3) is 11.1 Å². The van der Waals surface area contributed by atoms with Crippen LogP contribution in [0.1, 0.15) is 70.0 Å². The van der Waals surface area contributed by atoms with Crippen LogP contribution in [-0.4, -0.2) is 93.1 Å². The molecule has 5 atom stereocenters. The van der Waals surface area contributed by atoms with Crippen LogP contribution in [-0.2, 0) is 40.0 Å². The Hall–Kier alpha value is -5.31. The quantitative estimate of drug-likeness (QED) is 0.166. The number of ketones is 2. The molecular formula is C35H45N5O10. The fourth-order valence-electron chi connectivity index (χ4n) is 5.64. The fourth-order valence-corrected chi connectivity index (χ4v) is 5.64. The number of nitrogens with zero attached hydrogens (tertiary/aromatic N) is 1. The Kier molecular flexibility index (Phi) is 13.6. The number of amides is 4. The normalized spacial score (nSPS) is 18.9. The number of benzene rings is 2. The lowest BCUT2D eigenvalue weighted by Gasteiger charge is -2.29. The molecule has 0 saturated carbocycles. The first-order valence-corrected chi connectivity index (χ1v) is 16.4. The summed E-state index contributed by atoms with van der Waals surface area (Å²) < 4.78 is 0. The molecule has 0 radical (unpaired) electrons. The second-order valence-electron chi connectivity index (χ2n) is 12.5. The van der Waals surface area contributed by atoms with Crippen molar-refractivity contribution in [3.8, 4) is 22.6 Å². The van der Waals surface area contributed by atoms with Crippen LogP contribution in [0.4, 0.5) is 0 Å². The molecule has 3 rings (SSSR count). The molecule has 15 nitrogen and oxygen atoms in total. The molecule has 1 aliphatic heterocycles. The zero-order chi connectivity index (χ0) is 37.3. The molecule has 1 aliphatic rings. The lowest BCUT2D eigenvalue weighted by Crippen LogP contribution is -2.51. The number of likely N-dealkylation sites (N-methyl/N-ethyl adjacent to an activating group) is 1. The molecule has 2 aromatic carbocycles. The van der Waals surface area contributed by atoms with Crippen molar-refractivity contribution in [1.82, 2.24) is 20.9 Å². The first kappa shape index (κ1) is 39.1. The van der Waals surface area contributed by atoms with Gasteiger partial charge >= 0.3 is 5.97 Å². The molecule has 15 heteroatoms. The average molecular weight is 696 g/mol. The highest BCUT2D eigenvalue weighted by Crippen LogP contribution is 2.39. The average Bonchev–Trinajstić information content (AvgIpc) is 3.07. The van der Waals surface area contributed by atoms with E-state index in [4.69, 9.17) is 5.73 Å². The predicted octanol–water partition coefficient (Wildman–Crippen LogP) is 1.08. The van der Waals surface area contributed by atoms with Crippen molar-refractivity contribution in [3.63, 3.8) is 0 Å². The maximum absolute atomic E-state index is 13.9. The number of nitrogens with one attached hydrogen (secondary N) is 3. The number of aromatic hydroxyl groups is 2. The van der Waals surface area contributed by atoms with Crippen molar-refractivity contribution in [3.05, 3.63) is 47.5 Å². The Bertz CT molecular complexity index is 1640. The maximum atomic E-state index is 13.9. The van der Waals surface area contributed by atoms with Crippen LogP contribution in [0.2, 0.25) is 0 Å². The van der Waals surface area contributed by atoms with Gasteiger partial charge in [-0.1, -0.05) is 26.0 Å². The number of Topliss-reactive ketones (excluding diaryl/α,β-unsaturated/α-hetero) is 2. The summed E-state index contributed by atoms with van der Waals surface area (Å²) in [6.07, 6.45) is -0.858. The summed E-state index contributed by atoms with van der Waals surface area (Å²) in [6.45, 7) is 4.65. The van der Waals surface area contributed by atoms with Gasteiger partial charge in [0.05, 0.1) is 6.04 Å². The van der Waals surface area contributed by atoms with E-state index >= 15 is 0 Å². The zero-order valence-corrected chi connectivity index (χ0v) is 28.5. The van der Waals surface area contributed by atoms with E-state index in [0.717, 1.165) is 4.90 Å². The van der Waals surface area contributed by atoms with Gasteiger partial charge in [-0.2, -0.15) is 0 Å². The zero-order valence-electron chi connectivity index (χ0n) is 28.5. The predicted molar refractivity (Wildman–Crippen MR) is 181 cm³/mol. The molecule has 270 valence electrons. The summed E-state index contributed by atoms with van der Waals surface area (Å²) in [5.41, 5.74) is 6.51. The van der Waals surface area contributed by atoms with Crippen LogP contribution in [0.3, 0.4) is 0 Å². The molecule has 0 spiro atoms. The fraction of sp³-hybridized carbons (Fsp3) is 0.457. The van der Waals surface area contributed by atoms with E-state index in [0.29, 0.717) is 5.56 Å². The second-order valence-corrected chi connectivity index (χ2v) is 12.5. The Labute approximate surface area is 289 Å². The summed E-state index contributed by atoms with van der Waals surface area (Å²) in [5, 5.41) is 38.8. The largest absolute Gasteiger partial charge is 0.507 e. The number of carboxylic acid groups (broad SMARTS) is 1. The Morgan fingerprint density at radius 2 is 1.62 bits per heavy atom. The highest BCUT2D eigenvalue weighted by molar-refractivity contribution is 5.96. The number of carboxylic acids is 1. The van der Waals surface area contributed by atoms with E-state index in [1.807, 2.05) is 0 Å². The Morgan fingerprint density at radius 1 is 0.980 bits per heavy atom. The number of phenolic OH excluding ortho intramolecular Hbond substituents is 2. The number of phenols is 2. The number of rotatable bonds is 12. The number of aliphatic carboxylic acids is 1. The van der Waals surface area contributed by atoms with Crippen molar-refractivity contribution in [2.24, 2.45) is 11.7 Å². The van der Waals surface area contributed by atoms with Crippen LogP contribution in [0.15, 0.2) is 36.4 Å². The third-order valence-electron chi connectivity index (χ3n) is 8.64. The monoisotopic (exact) mass is 695 g/mol. The molecule has 4 bridgehead atoms. The molecule has 0 unspecified atom stereocenters. The van der Waals surface area contributed by atoms with Gasteiger partial charge in [-0.05, 0) is 55.3 Å². The molecule has 4 amide bonds. The van der Waals surface area contributed by atoms with E-state index in [-0.39, 0.29) is 79.2 Å². The highest BCUT2D eigenvalue weighted by atomic mass is 16.4. The molecule has 0 saturated heterocycles. The van der Waals surface area contributed by atoms with E-state index < -0.39 is 65.3 Å². The SMILES string of the molecule is CCC(=O)N[C@H](CCN)C(=O)N[C@H](C)C(=O)CCC(=O)N(C)[C@@H]1C(=O)C[C@@H](C)C(=O)N[C@H](C(=O)O)Cc2ccc(O)c(c2)-c2cc1ccc2O. The highest BCUT2D eigenvalue weighted by Gasteiger charge is 2.34. The lowest BCUT2D eigenvalue weighted by molar-refractivity contribution is -0.143. The minimum Gasteiger partial charge on any atom is -0.507 e. The summed E-state index contributed by atoms with van der Waals surface area (Å²) in [6, 6.07) is 3.85. The Morgan fingerprint density at radius 3 is 2.24 bits per heavy atom. The van der Waals surface area contributed by atoms with Crippen molar-refractivity contribution >= 4 is 41.2 Å². The third kappa shape index (κ3) is 9.87. The van der Waals surface area contributed by atoms with Crippen LogP contribution >= 0.6 is 0 Å². The minimum atomic E-state index is -1.35. The van der Waals surface area contributed by atoms with Gasteiger partial charge in [0.1, 0.15) is 29.6 Å². The number of hydrogen-bond donors (Lipinski definition) is 7. The molecule has 0 aliphatic carbocycles. The minimum absolute atomic E-state index is 0.115. The van der Waals surface area contributed by atoms with Gasteiger partial charge < -0.3 is 41.9 Å². The molecule has 0 aromatic heterocycles. The van der Waals surface area contributed by atoms with Crippen molar-refractivity contribution in [1.29, 1.82) is 0 Å². The van der Waals surface area contributed by atoms with Crippen LogP contribution in [0, 0.1) is 5.92 Å². The van der Waals surface area contributed by atoms with Gasteiger partial charge in [0.2, 0.25) is 23.6 Å². The second kappa shape index (κ2) is 17.4. The van der Waals surface area contributed by atoms with Gasteiger partial charge in [0, 0.05) is 56.2 Å². The summed E-state index contributed by atoms with van der Waals surface area (Å²) >= 11 is 0. The smallest absolute Gasteiger partial charge is 0.326 e. The standard InChI is InChI=1S/C35H45N5O10/c1-5-30(45)38-24(12-13-36)34(48)37-19(3)26(41)10-11-31(46)40(4)32-21-7-9-28(43)23(17-21)22-15-20(6-8-27(22)42)16-25(35(49)50)39-33(47)18(2)14-29(32)44/h6-9,15,17-19,24-25,32,42-43H,5,10-14,16,36H2,1-4H3,(H,37,48)(H,38,45)(H,39,47)(H,49,50)/t18-,19-,24-,25+,32+/m1/s1. The van der Waals surface area contributed by atoms with Gasteiger partial charge in [-0.15, -0.1) is 0 Å². The number of fused-ring (bicyclic) bond motifs is 5. The number of nitrogens with two attached hydrogens (primary N) is 1. The molecule has 0 fully saturated rings. The molecular weight excluding hydrogens is 650 g/mol. The number of carbonyl (C=O) groups is 7. The van der Waals surface area contributed by atoms with Gasteiger partial charge in [0.25, 0.3) is 0 Å². The van der Waals surface area contributed by atoms with Gasteiger partial charge in [-0.3, -0.25) is 28.8 Å². The van der Waals surface area contributed by atoms with Crippen molar-refractivity contribution in [2.75, 3.05) is 13.6 Å². The Balaban J connectivity index is 1.89. The third-order valence-corrected chi connectivity index (χ3v) is 8.64. The van der Waals surface area contributed by atoms with E-state index in [1.165, 1.54) is 57.3 Å².